The molecular formula is C19H28ClN5O. The molecule has 0 bridgehead atoms. The molecule has 7 heteroatoms. The van der Waals surface area contributed by atoms with Crippen LogP contribution in [-0.4, -0.2) is 54.1 Å². The number of hydrogen-bond acceptors (Lipinski definition) is 3. The van der Waals surface area contributed by atoms with Crippen LogP contribution in [0.3, 0.4) is 0 Å². The second-order valence-corrected chi connectivity index (χ2v) is 7.26. The smallest absolute Gasteiger partial charge is 0.193 e. The number of furan rings is 1. The normalized spacial score (nSPS) is 16.8. The van der Waals surface area contributed by atoms with Crippen LogP contribution in [0.4, 0.5) is 0 Å². The van der Waals surface area contributed by atoms with E-state index in [-0.39, 0.29) is 6.04 Å². The zero-order valence-corrected chi connectivity index (χ0v) is 16.5. The van der Waals surface area contributed by atoms with Gasteiger partial charge in [-0.3, -0.25) is 9.89 Å². The van der Waals surface area contributed by atoms with Gasteiger partial charge in [0.05, 0.1) is 23.9 Å². The van der Waals surface area contributed by atoms with Gasteiger partial charge in [0.15, 0.2) is 5.96 Å². The van der Waals surface area contributed by atoms with Crippen molar-refractivity contribution in [2.75, 3.05) is 33.7 Å². The van der Waals surface area contributed by atoms with Crippen LogP contribution in [0.1, 0.15) is 30.3 Å². The lowest BCUT2D eigenvalue weighted by Gasteiger charge is -2.29. The van der Waals surface area contributed by atoms with Gasteiger partial charge in [0.25, 0.3) is 0 Å². The highest BCUT2D eigenvalue weighted by Gasteiger charge is 2.26. The first kappa shape index (κ1) is 18.9. The van der Waals surface area contributed by atoms with E-state index < -0.39 is 0 Å². The minimum absolute atomic E-state index is 0.224. The molecule has 3 rings (SSSR count). The average molecular weight is 378 g/mol. The largest absolute Gasteiger partial charge is 0.468 e. The minimum atomic E-state index is 0.224. The van der Waals surface area contributed by atoms with Crippen molar-refractivity contribution in [3.63, 3.8) is 0 Å². The average Bonchev–Trinajstić information content (AvgIpc) is 3.35. The van der Waals surface area contributed by atoms with Crippen LogP contribution in [0.15, 0.2) is 40.1 Å². The lowest BCUT2D eigenvalue weighted by molar-refractivity contribution is 0.214. The molecule has 1 aliphatic rings. The third-order valence-electron chi connectivity index (χ3n) is 4.95. The van der Waals surface area contributed by atoms with Gasteiger partial charge in [0.1, 0.15) is 5.76 Å². The first-order chi connectivity index (χ1) is 12.6. The zero-order valence-electron chi connectivity index (χ0n) is 15.8. The van der Waals surface area contributed by atoms with Crippen LogP contribution in [0.5, 0.6) is 0 Å². The Balaban J connectivity index is 1.63. The summed E-state index contributed by atoms with van der Waals surface area (Å²) < 4.78 is 7.74. The van der Waals surface area contributed by atoms with Crippen molar-refractivity contribution >= 4 is 17.6 Å². The molecule has 0 aliphatic carbocycles. The molecule has 0 amide bonds. The van der Waals surface area contributed by atoms with E-state index in [1.165, 1.54) is 12.8 Å². The Morgan fingerprint density at radius 2 is 2.19 bits per heavy atom. The summed E-state index contributed by atoms with van der Waals surface area (Å²) in [5, 5.41) is 4.27. The molecule has 3 heterocycles. The Kier molecular flexibility index (Phi) is 6.27. The SMILES string of the molecule is CN=C(NCC(c1ccco1)N1CCCC1)N(C)Cc1cc(Cl)cn1C. The van der Waals surface area contributed by atoms with Gasteiger partial charge in [0.2, 0.25) is 0 Å². The molecule has 1 atom stereocenters. The predicted molar refractivity (Wildman–Crippen MR) is 106 cm³/mol. The number of nitrogens with zero attached hydrogens (tertiary/aromatic N) is 4. The van der Waals surface area contributed by atoms with Gasteiger partial charge in [-0.05, 0) is 44.1 Å². The topological polar surface area (TPSA) is 48.9 Å². The summed E-state index contributed by atoms with van der Waals surface area (Å²) in [5.41, 5.74) is 1.14. The maximum Gasteiger partial charge on any atom is 0.193 e. The van der Waals surface area contributed by atoms with Crippen molar-refractivity contribution in [3.8, 4) is 0 Å². The molecule has 0 saturated carbocycles. The van der Waals surface area contributed by atoms with Crippen LogP contribution in [0, 0.1) is 0 Å². The molecule has 142 valence electrons. The molecular weight excluding hydrogens is 350 g/mol. The summed E-state index contributed by atoms with van der Waals surface area (Å²) in [6.45, 7) is 3.73. The van der Waals surface area contributed by atoms with Crippen LogP contribution < -0.4 is 5.32 Å². The first-order valence-corrected chi connectivity index (χ1v) is 9.46. The number of halogens is 1. The predicted octanol–water partition coefficient (Wildman–Crippen LogP) is 3.12. The number of likely N-dealkylation sites (tertiary alicyclic amines) is 1. The molecule has 2 aromatic rings. The Morgan fingerprint density at radius 1 is 1.42 bits per heavy atom. The van der Waals surface area contributed by atoms with Crippen molar-refractivity contribution < 1.29 is 4.42 Å². The molecule has 0 aromatic carbocycles. The second-order valence-electron chi connectivity index (χ2n) is 6.82. The van der Waals surface area contributed by atoms with Gasteiger partial charge < -0.3 is 19.2 Å². The molecule has 1 fully saturated rings. The third kappa shape index (κ3) is 4.43. The molecule has 6 nitrogen and oxygen atoms in total. The fourth-order valence-corrected chi connectivity index (χ4v) is 3.83. The summed E-state index contributed by atoms with van der Waals surface area (Å²) >= 11 is 6.09. The van der Waals surface area contributed by atoms with Crippen molar-refractivity contribution in [3.05, 3.63) is 47.1 Å². The summed E-state index contributed by atoms with van der Waals surface area (Å²) in [4.78, 5) is 9.03. The Bertz CT molecular complexity index is 718. The summed E-state index contributed by atoms with van der Waals surface area (Å²) in [6, 6.07) is 6.23. The first-order valence-electron chi connectivity index (χ1n) is 9.08. The lowest BCUT2D eigenvalue weighted by Crippen LogP contribution is -2.43. The number of nitrogens with one attached hydrogen (secondary N) is 1. The fraction of sp³-hybridized carbons (Fsp3) is 0.526. The third-order valence-corrected chi connectivity index (χ3v) is 5.16. The molecule has 26 heavy (non-hydrogen) atoms. The lowest BCUT2D eigenvalue weighted by atomic mass is 10.2. The highest BCUT2D eigenvalue weighted by atomic mass is 35.5. The van der Waals surface area contributed by atoms with Crippen molar-refractivity contribution in [1.82, 2.24) is 19.7 Å². The van der Waals surface area contributed by atoms with Crippen molar-refractivity contribution in [2.24, 2.45) is 12.0 Å². The molecule has 1 saturated heterocycles. The summed E-state index contributed by atoms with van der Waals surface area (Å²) in [7, 11) is 5.86. The number of hydrogen-bond donors (Lipinski definition) is 1. The van der Waals surface area contributed by atoms with E-state index in [0.29, 0.717) is 0 Å². The number of aromatic nitrogens is 1. The van der Waals surface area contributed by atoms with Crippen molar-refractivity contribution in [1.29, 1.82) is 0 Å². The van der Waals surface area contributed by atoms with Crippen LogP contribution in [0.2, 0.25) is 5.02 Å². The summed E-state index contributed by atoms with van der Waals surface area (Å²) in [5.74, 6) is 1.87. The van der Waals surface area contributed by atoms with E-state index in [4.69, 9.17) is 16.0 Å². The highest BCUT2D eigenvalue weighted by Crippen LogP contribution is 2.25. The quantitative estimate of drug-likeness (QED) is 0.620. The van der Waals surface area contributed by atoms with E-state index in [1.54, 1.807) is 6.26 Å². The van der Waals surface area contributed by atoms with Crippen LogP contribution >= 0.6 is 11.6 Å². The maximum atomic E-state index is 6.09. The second kappa shape index (κ2) is 8.64. The van der Waals surface area contributed by atoms with Crippen LogP contribution in [-0.2, 0) is 13.6 Å². The number of aryl methyl sites for hydroxylation is 1. The van der Waals surface area contributed by atoms with Gasteiger partial charge in [-0.1, -0.05) is 11.6 Å². The monoisotopic (exact) mass is 377 g/mol. The molecule has 1 N–H and O–H groups in total. The van der Waals surface area contributed by atoms with E-state index in [9.17, 15) is 0 Å². The molecule has 0 radical (unpaired) electrons. The van der Waals surface area contributed by atoms with Gasteiger partial charge in [-0.2, -0.15) is 0 Å². The van der Waals surface area contributed by atoms with Gasteiger partial charge in [-0.25, -0.2) is 0 Å². The van der Waals surface area contributed by atoms with Crippen molar-refractivity contribution in [2.45, 2.75) is 25.4 Å². The number of rotatable bonds is 6. The number of guanidine groups is 1. The zero-order chi connectivity index (χ0) is 18.5. The summed E-state index contributed by atoms with van der Waals surface area (Å²) in [6.07, 6.45) is 6.17. The fourth-order valence-electron chi connectivity index (χ4n) is 3.56. The van der Waals surface area contributed by atoms with E-state index in [1.807, 2.05) is 44.0 Å². The Hall–Kier alpha value is -1.92. The Morgan fingerprint density at radius 3 is 2.77 bits per heavy atom. The van der Waals surface area contributed by atoms with E-state index in [2.05, 4.69) is 26.2 Å². The van der Waals surface area contributed by atoms with Crippen LogP contribution in [0.25, 0.3) is 0 Å². The van der Waals surface area contributed by atoms with E-state index >= 15 is 0 Å². The van der Waals surface area contributed by atoms with Gasteiger partial charge in [0, 0.05) is 39.6 Å². The van der Waals surface area contributed by atoms with Gasteiger partial charge in [-0.15, -0.1) is 0 Å². The molecule has 0 spiro atoms. The molecule has 1 aliphatic heterocycles. The molecule has 2 aromatic heterocycles. The highest BCUT2D eigenvalue weighted by molar-refractivity contribution is 6.30. The number of aliphatic imine (C=N–C) groups is 1. The van der Waals surface area contributed by atoms with Gasteiger partial charge >= 0.3 is 0 Å². The van der Waals surface area contributed by atoms with E-state index in [0.717, 1.165) is 48.6 Å². The standard InChI is InChI=1S/C19H28ClN5O/c1-21-19(24(3)14-16-11-15(20)13-23(16)2)22-12-17(18-7-6-10-26-18)25-8-4-5-9-25/h6-7,10-11,13,17H,4-5,8-9,12,14H2,1-3H3,(H,21,22). The Labute approximate surface area is 160 Å². The molecule has 1 unspecified atom stereocenters. The minimum Gasteiger partial charge on any atom is -0.468 e. The maximum absolute atomic E-state index is 6.09.